The minimum Gasteiger partial charge on any atom is -0.306 e. The maximum absolute atomic E-state index is 14.9. The minimum absolute atomic E-state index is 0.387. The van der Waals surface area contributed by atoms with Crippen LogP contribution in [-0.2, 0) is 0 Å². The molecule has 0 amide bonds. The molecule has 0 unspecified atom stereocenters. The number of hydrogen-bond acceptors (Lipinski definition) is 2. The van der Waals surface area contributed by atoms with Gasteiger partial charge in [0.1, 0.15) is 0 Å². The highest BCUT2D eigenvalue weighted by Gasteiger charge is 2.49. The molecule has 0 atom stereocenters. The summed E-state index contributed by atoms with van der Waals surface area (Å²) in [5, 5.41) is 0. The van der Waals surface area contributed by atoms with Crippen LogP contribution < -0.4 is 0 Å². The third kappa shape index (κ3) is 4.30. The van der Waals surface area contributed by atoms with Gasteiger partial charge in [0, 0.05) is 18.4 Å². The van der Waals surface area contributed by atoms with Crippen molar-refractivity contribution >= 4 is 0 Å². The zero-order chi connectivity index (χ0) is 17.4. The molecule has 3 aliphatic rings. The van der Waals surface area contributed by atoms with Crippen molar-refractivity contribution in [2.24, 2.45) is 23.2 Å². The predicted molar refractivity (Wildman–Crippen MR) is 95.5 cm³/mol. The van der Waals surface area contributed by atoms with Crippen LogP contribution in [-0.4, -0.2) is 55.5 Å². The summed E-state index contributed by atoms with van der Waals surface area (Å²) in [5.41, 5.74) is 0.525. The lowest BCUT2D eigenvalue weighted by Gasteiger charge is -2.42. The Bertz CT molecular complexity index is 404. The Balaban J connectivity index is 1.48. The van der Waals surface area contributed by atoms with E-state index in [-0.39, 0.29) is 11.8 Å². The molecule has 1 saturated carbocycles. The molecule has 2 heterocycles. The fourth-order valence-electron chi connectivity index (χ4n) is 5.15. The highest BCUT2D eigenvalue weighted by Crippen LogP contribution is 2.52. The van der Waals surface area contributed by atoms with Crippen LogP contribution >= 0.6 is 0 Å². The van der Waals surface area contributed by atoms with Gasteiger partial charge in [0.05, 0.1) is 0 Å². The minimum atomic E-state index is -2.46. The summed E-state index contributed by atoms with van der Waals surface area (Å²) in [7, 11) is 2.04. The van der Waals surface area contributed by atoms with Gasteiger partial charge in [-0.3, -0.25) is 0 Å². The molecule has 0 radical (unpaired) electrons. The first-order valence-electron chi connectivity index (χ1n) is 10.1. The van der Waals surface area contributed by atoms with Gasteiger partial charge in [-0.2, -0.15) is 0 Å². The maximum atomic E-state index is 14.9. The lowest BCUT2D eigenvalue weighted by molar-refractivity contribution is -0.136. The van der Waals surface area contributed by atoms with Gasteiger partial charge in [-0.05, 0) is 89.5 Å². The van der Waals surface area contributed by atoms with Gasteiger partial charge in [-0.15, -0.1) is 0 Å². The van der Waals surface area contributed by atoms with E-state index in [1.54, 1.807) is 0 Å². The first-order chi connectivity index (χ1) is 11.3. The van der Waals surface area contributed by atoms with Crippen molar-refractivity contribution in [3.05, 3.63) is 0 Å². The number of rotatable bonds is 6. The van der Waals surface area contributed by atoms with E-state index in [2.05, 4.69) is 23.6 Å². The third-order valence-electron chi connectivity index (χ3n) is 6.75. The van der Waals surface area contributed by atoms with Crippen LogP contribution in [0.4, 0.5) is 8.78 Å². The normalized spacial score (nSPS) is 27.8. The summed E-state index contributed by atoms with van der Waals surface area (Å²) in [6, 6.07) is 0. The molecule has 140 valence electrons. The smallest absolute Gasteiger partial charge is 0.253 e. The Morgan fingerprint density at radius 3 is 1.92 bits per heavy atom. The van der Waals surface area contributed by atoms with E-state index in [1.807, 2.05) is 7.05 Å². The van der Waals surface area contributed by atoms with Crippen LogP contribution in [0.5, 0.6) is 0 Å². The second-order valence-electron chi connectivity index (χ2n) is 9.40. The monoisotopic (exact) mass is 342 g/mol. The second kappa shape index (κ2) is 7.19. The molecule has 0 aromatic heterocycles. The summed E-state index contributed by atoms with van der Waals surface area (Å²) in [5.74, 6) is -2.48. The van der Waals surface area contributed by atoms with Crippen LogP contribution in [0, 0.1) is 23.2 Å². The van der Waals surface area contributed by atoms with Crippen LogP contribution in [0.2, 0.25) is 0 Å². The van der Waals surface area contributed by atoms with Gasteiger partial charge in [-0.1, -0.05) is 13.8 Å². The fraction of sp³-hybridized carbons (Fsp3) is 1.00. The number of likely N-dealkylation sites (tertiary alicyclic amines) is 2. The Kier molecular flexibility index (Phi) is 5.56. The van der Waals surface area contributed by atoms with E-state index >= 15 is 0 Å². The van der Waals surface area contributed by atoms with Crippen LogP contribution in [0.15, 0.2) is 0 Å². The molecular weight excluding hydrogens is 306 g/mol. The summed E-state index contributed by atoms with van der Waals surface area (Å²) in [4.78, 5) is 4.66. The molecule has 0 N–H and O–H groups in total. The van der Waals surface area contributed by atoms with Gasteiger partial charge < -0.3 is 9.80 Å². The van der Waals surface area contributed by atoms with Crippen molar-refractivity contribution < 1.29 is 8.78 Å². The molecular formula is C20H36F2N2. The number of hydrogen-bond donors (Lipinski definition) is 0. The highest BCUT2D eigenvalue weighted by atomic mass is 19.3. The van der Waals surface area contributed by atoms with Gasteiger partial charge in [-0.25, -0.2) is 8.78 Å². The molecule has 0 spiro atoms. The SMILES string of the molecule is CC(C)CC1(CN2CCC(C(F)(F)C3CCN(C)CC3)CC2)CC1. The molecule has 3 rings (SSSR count). The Labute approximate surface area is 147 Å². The molecule has 3 fully saturated rings. The van der Waals surface area contributed by atoms with Crippen molar-refractivity contribution in [2.45, 2.75) is 64.7 Å². The Hall–Kier alpha value is -0.220. The molecule has 2 nitrogen and oxygen atoms in total. The topological polar surface area (TPSA) is 6.48 Å². The van der Waals surface area contributed by atoms with Crippen LogP contribution in [0.25, 0.3) is 0 Å². The number of alkyl halides is 2. The third-order valence-corrected chi connectivity index (χ3v) is 6.75. The second-order valence-corrected chi connectivity index (χ2v) is 9.40. The van der Waals surface area contributed by atoms with Crippen molar-refractivity contribution in [2.75, 3.05) is 39.8 Å². The highest BCUT2D eigenvalue weighted by molar-refractivity contribution is 4.97. The maximum Gasteiger partial charge on any atom is 0.253 e. The average molecular weight is 343 g/mol. The van der Waals surface area contributed by atoms with Gasteiger partial charge >= 0.3 is 0 Å². The molecule has 4 heteroatoms. The summed E-state index contributed by atoms with van der Waals surface area (Å²) in [6.45, 7) is 9.17. The number of nitrogens with zero attached hydrogens (tertiary/aromatic N) is 2. The molecule has 0 aromatic carbocycles. The fourth-order valence-corrected chi connectivity index (χ4v) is 5.15. The van der Waals surface area contributed by atoms with E-state index < -0.39 is 5.92 Å². The van der Waals surface area contributed by atoms with E-state index in [0.717, 1.165) is 38.6 Å². The summed E-state index contributed by atoms with van der Waals surface area (Å²) < 4.78 is 29.9. The molecule has 0 bridgehead atoms. The van der Waals surface area contributed by atoms with E-state index in [9.17, 15) is 8.78 Å². The lowest BCUT2D eigenvalue weighted by Crippen LogP contribution is -2.48. The van der Waals surface area contributed by atoms with Crippen LogP contribution in [0.3, 0.4) is 0 Å². The lowest BCUT2D eigenvalue weighted by atomic mass is 9.79. The van der Waals surface area contributed by atoms with Crippen molar-refractivity contribution in [1.82, 2.24) is 9.80 Å². The van der Waals surface area contributed by atoms with Crippen molar-refractivity contribution in [1.29, 1.82) is 0 Å². The first kappa shape index (κ1) is 18.6. The van der Waals surface area contributed by atoms with E-state index in [4.69, 9.17) is 0 Å². The quantitative estimate of drug-likeness (QED) is 0.701. The molecule has 1 aliphatic carbocycles. The van der Waals surface area contributed by atoms with E-state index in [1.165, 1.54) is 19.3 Å². The largest absolute Gasteiger partial charge is 0.306 e. The average Bonchev–Trinajstić information content (AvgIpc) is 3.26. The first-order valence-corrected chi connectivity index (χ1v) is 10.1. The van der Waals surface area contributed by atoms with Crippen molar-refractivity contribution in [3.8, 4) is 0 Å². The number of halogens is 2. The Morgan fingerprint density at radius 2 is 1.46 bits per heavy atom. The molecule has 24 heavy (non-hydrogen) atoms. The van der Waals surface area contributed by atoms with Gasteiger partial charge in [0.15, 0.2) is 0 Å². The van der Waals surface area contributed by atoms with Gasteiger partial charge in [0.25, 0.3) is 5.92 Å². The van der Waals surface area contributed by atoms with E-state index in [0.29, 0.717) is 31.1 Å². The molecule has 2 aliphatic heterocycles. The molecule has 2 saturated heterocycles. The predicted octanol–water partition coefficient (Wildman–Crippen LogP) is 4.50. The van der Waals surface area contributed by atoms with Crippen molar-refractivity contribution in [3.63, 3.8) is 0 Å². The summed E-state index contributed by atoms with van der Waals surface area (Å²) in [6.07, 6.45) is 6.71. The Morgan fingerprint density at radius 1 is 0.958 bits per heavy atom. The zero-order valence-corrected chi connectivity index (χ0v) is 15.9. The van der Waals surface area contributed by atoms with Crippen LogP contribution in [0.1, 0.15) is 58.8 Å². The zero-order valence-electron chi connectivity index (χ0n) is 15.9. The standard InChI is InChI=1S/C20H36F2N2/c1-16(2)14-19(8-9-19)15-24-12-6-18(7-13-24)20(21,22)17-4-10-23(3)11-5-17/h16-18H,4-15H2,1-3H3. The number of piperidine rings is 2. The summed E-state index contributed by atoms with van der Waals surface area (Å²) >= 11 is 0. The van der Waals surface area contributed by atoms with Gasteiger partial charge in [0.2, 0.25) is 0 Å². The molecule has 0 aromatic rings.